The number of hydrogen-bond donors (Lipinski definition) is 3. The average molecular weight is 766 g/mol. The fourth-order valence-corrected chi connectivity index (χ4v) is 7.24. The zero-order chi connectivity index (χ0) is 36.5. The van der Waals surface area contributed by atoms with E-state index in [0.29, 0.717) is 32.0 Å². The van der Waals surface area contributed by atoms with Gasteiger partial charge in [-0.1, -0.05) is 77.8 Å². The van der Waals surface area contributed by atoms with E-state index in [9.17, 15) is 14.4 Å². The highest BCUT2D eigenvalue weighted by molar-refractivity contribution is 8.00. The maximum absolute atomic E-state index is 13.7. The highest BCUT2D eigenvalue weighted by Crippen LogP contribution is 2.37. The minimum absolute atomic E-state index is 0.0551. The summed E-state index contributed by atoms with van der Waals surface area (Å²) < 4.78 is 5.25. The molecule has 0 aliphatic heterocycles. The topological polar surface area (TPSA) is 109 Å². The Morgan fingerprint density at radius 3 is 2.10 bits per heavy atom. The van der Waals surface area contributed by atoms with Crippen LogP contribution in [-0.2, 0) is 9.59 Å². The minimum Gasteiger partial charge on any atom is -0.497 e. The van der Waals surface area contributed by atoms with Crippen LogP contribution in [0.3, 0.4) is 0 Å². The van der Waals surface area contributed by atoms with Gasteiger partial charge in [0.15, 0.2) is 5.13 Å². The number of hydrogen-bond acceptors (Lipinski definition) is 7. The summed E-state index contributed by atoms with van der Waals surface area (Å²) in [4.78, 5) is 45.8. The number of thioether (sulfide) groups is 1. The van der Waals surface area contributed by atoms with Crippen LogP contribution in [0.5, 0.6) is 5.75 Å². The van der Waals surface area contributed by atoms with Gasteiger partial charge in [-0.05, 0) is 84.4 Å². The van der Waals surface area contributed by atoms with Crippen LogP contribution < -0.4 is 20.7 Å². The Hall–Kier alpha value is -5.39. The molecule has 260 valence electrons. The summed E-state index contributed by atoms with van der Waals surface area (Å²) in [6.07, 6.45) is 1.44. The maximum atomic E-state index is 13.7. The van der Waals surface area contributed by atoms with Crippen LogP contribution in [0.15, 0.2) is 143 Å². The van der Waals surface area contributed by atoms with Crippen molar-refractivity contribution >= 4 is 80.9 Å². The Labute approximate surface area is 318 Å². The molecule has 0 spiro atoms. The third-order valence-electron chi connectivity index (χ3n) is 7.64. The zero-order valence-corrected chi connectivity index (χ0v) is 30.7. The summed E-state index contributed by atoms with van der Waals surface area (Å²) in [6.45, 7) is 0. The van der Waals surface area contributed by atoms with Crippen LogP contribution in [0.1, 0.15) is 26.7 Å². The van der Waals surface area contributed by atoms with Gasteiger partial charge in [-0.2, -0.15) is 0 Å². The lowest BCUT2D eigenvalue weighted by molar-refractivity contribution is -0.116. The number of benzene rings is 5. The van der Waals surface area contributed by atoms with E-state index in [1.807, 2.05) is 72.1 Å². The van der Waals surface area contributed by atoms with Crippen LogP contribution in [0.2, 0.25) is 10.0 Å². The molecule has 5 aromatic carbocycles. The van der Waals surface area contributed by atoms with Crippen LogP contribution in [0.25, 0.3) is 17.3 Å². The first kappa shape index (κ1) is 36.4. The van der Waals surface area contributed by atoms with E-state index in [1.54, 1.807) is 67.8 Å². The maximum Gasteiger partial charge on any atom is 0.272 e. The van der Waals surface area contributed by atoms with Crippen molar-refractivity contribution in [2.75, 3.05) is 17.7 Å². The van der Waals surface area contributed by atoms with E-state index < -0.39 is 17.1 Å². The van der Waals surface area contributed by atoms with Gasteiger partial charge in [0.25, 0.3) is 11.8 Å². The molecule has 0 saturated heterocycles. The number of amides is 3. The van der Waals surface area contributed by atoms with Crippen molar-refractivity contribution in [2.45, 2.75) is 10.1 Å². The van der Waals surface area contributed by atoms with Crippen molar-refractivity contribution in [1.82, 2.24) is 10.3 Å². The van der Waals surface area contributed by atoms with Crippen molar-refractivity contribution in [3.05, 3.63) is 165 Å². The molecule has 0 fully saturated rings. The van der Waals surface area contributed by atoms with Gasteiger partial charge in [-0.15, -0.1) is 23.1 Å². The molecule has 6 rings (SSSR count). The van der Waals surface area contributed by atoms with E-state index in [4.69, 9.17) is 27.9 Å². The monoisotopic (exact) mass is 764 g/mol. The number of nitrogens with zero attached hydrogens (tertiary/aromatic N) is 1. The quantitative estimate of drug-likeness (QED) is 0.0846. The number of anilines is 2. The lowest BCUT2D eigenvalue weighted by Crippen LogP contribution is -2.30. The van der Waals surface area contributed by atoms with E-state index in [2.05, 4.69) is 20.9 Å². The normalized spacial score (nSPS) is 11.7. The number of rotatable bonds is 12. The van der Waals surface area contributed by atoms with E-state index in [1.165, 1.54) is 29.2 Å². The highest BCUT2D eigenvalue weighted by atomic mass is 35.5. The van der Waals surface area contributed by atoms with Gasteiger partial charge in [0.2, 0.25) is 5.91 Å². The highest BCUT2D eigenvalue weighted by Gasteiger charge is 2.24. The molecule has 3 N–H and O–H groups in total. The van der Waals surface area contributed by atoms with Crippen LogP contribution in [-0.4, -0.2) is 29.8 Å². The van der Waals surface area contributed by atoms with Gasteiger partial charge in [-0.25, -0.2) is 4.98 Å². The molecule has 1 heterocycles. The standard InChI is InChI=1S/C40H30Cl2N4O4S2/c1-50-29-19-15-25(16-20-29)35-24-51-40(45-35)46-39(49)36(26-9-4-2-5-10-26)52-30-21-17-28(18-22-30)43-38(48)34(23-31-32(41)13-8-14-33(31)42)44-37(47)27-11-6-3-7-12-27/h2-24,36H,1H3,(H,43,48)(H,44,47)(H,45,46,49)/b34-23-. The first-order valence-electron chi connectivity index (χ1n) is 15.8. The molecule has 0 saturated carbocycles. The van der Waals surface area contributed by atoms with Crippen molar-refractivity contribution in [3.63, 3.8) is 0 Å². The summed E-state index contributed by atoms with van der Waals surface area (Å²) in [5.41, 5.74) is 3.64. The molecule has 52 heavy (non-hydrogen) atoms. The predicted octanol–water partition coefficient (Wildman–Crippen LogP) is 10.0. The number of carbonyl (C=O) groups excluding carboxylic acids is 3. The number of aromatic nitrogens is 1. The lowest BCUT2D eigenvalue weighted by Gasteiger charge is -2.17. The number of carbonyl (C=O) groups is 3. The molecular weight excluding hydrogens is 736 g/mol. The first-order valence-corrected chi connectivity index (χ1v) is 18.3. The summed E-state index contributed by atoms with van der Waals surface area (Å²) in [5, 5.41) is 10.9. The van der Waals surface area contributed by atoms with Gasteiger partial charge < -0.3 is 20.7 Å². The van der Waals surface area contributed by atoms with Gasteiger partial charge in [0.1, 0.15) is 16.7 Å². The van der Waals surface area contributed by atoms with Gasteiger partial charge in [-0.3, -0.25) is 14.4 Å². The molecular formula is C40H30Cl2N4O4S2. The van der Waals surface area contributed by atoms with E-state index in [-0.39, 0.29) is 11.6 Å². The second-order valence-electron chi connectivity index (χ2n) is 11.2. The Morgan fingerprint density at radius 1 is 0.788 bits per heavy atom. The number of nitrogens with one attached hydrogen (secondary N) is 3. The van der Waals surface area contributed by atoms with Crippen molar-refractivity contribution in [2.24, 2.45) is 0 Å². The molecule has 8 nitrogen and oxygen atoms in total. The van der Waals surface area contributed by atoms with Crippen molar-refractivity contribution in [1.29, 1.82) is 0 Å². The second-order valence-corrected chi connectivity index (χ2v) is 14.0. The van der Waals surface area contributed by atoms with E-state index in [0.717, 1.165) is 27.5 Å². The average Bonchev–Trinajstić information content (AvgIpc) is 3.64. The van der Waals surface area contributed by atoms with E-state index >= 15 is 0 Å². The number of thiazole rings is 1. The molecule has 1 aromatic heterocycles. The fourth-order valence-electron chi connectivity index (χ4n) is 4.98. The van der Waals surface area contributed by atoms with Crippen LogP contribution in [0.4, 0.5) is 10.8 Å². The third kappa shape index (κ3) is 9.28. The Morgan fingerprint density at radius 2 is 1.44 bits per heavy atom. The lowest BCUT2D eigenvalue weighted by atomic mass is 10.1. The molecule has 1 atom stereocenters. The molecule has 6 aromatic rings. The Bertz CT molecular complexity index is 2190. The van der Waals surface area contributed by atoms with Gasteiger partial charge in [0.05, 0.1) is 12.8 Å². The molecule has 12 heteroatoms. The predicted molar refractivity (Wildman–Crippen MR) is 211 cm³/mol. The summed E-state index contributed by atoms with van der Waals surface area (Å²) in [7, 11) is 1.62. The smallest absolute Gasteiger partial charge is 0.272 e. The summed E-state index contributed by atoms with van der Waals surface area (Å²) in [6, 6.07) is 37.6. The summed E-state index contributed by atoms with van der Waals surface area (Å²) >= 11 is 15.5. The fraction of sp³-hybridized carbons (Fsp3) is 0.0500. The summed E-state index contributed by atoms with van der Waals surface area (Å²) in [5.74, 6) is -0.541. The minimum atomic E-state index is -0.599. The van der Waals surface area contributed by atoms with Gasteiger partial charge >= 0.3 is 0 Å². The number of halogens is 2. The molecule has 0 aliphatic rings. The Balaban J connectivity index is 1.18. The largest absolute Gasteiger partial charge is 0.497 e. The number of methoxy groups -OCH3 is 1. The van der Waals surface area contributed by atoms with Gasteiger partial charge in [0, 0.05) is 42.7 Å². The van der Waals surface area contributed by atoms with Crippen molar-refractivity contribution in [3.8, 4) is 17.0 Å². The third-order valence-corrected chi connectivity index (χ3v) is 10.3. The van der Waals surface area contributed by atoms with Crippen molar-refractivity contribution < 1.29 is 19.1 Å². The molecule has 0 bridgehead atoms. The zero-order valence-electron chi connectivity index (χ0n) is 27.5. The van der Waals surface area contributed by atoms with Crippen LogP contribution in [0, 0.1) is 0 Å². The second kappa shape index (κ2) is 17.2. The molecule has 3 amide bonds. The Kier molecular flexibility index (Phi) is 12.1. The molecule has 0 aliphatic carbocycles. The first-order chi connectivity index (χ1) is 25.3. The number of ether oxygens (including phenoxy) is 1. The molecule has 0 radical (unpaired) electrons. The SMILES string of the molecule is COc1ccc(-c2csc(NC(=O)C(Sc3ccc(NC(=O)/C(=C/c4c(Cl)cccc4Cl)NC(=O)c4ccccc4)cc3)c3ccccc3)n2)cc1. The molecule has 1 unspecified atom stereocenters. The van der Waals surface area contributed by atoms with Crippen LogP contribution >= 0.6 is 46.3 Å².